The first-order valence-corrected chi connectivity index (χ1v) is 5.96. The molecular formula is C16H15OV-. The topological polar surface area (TPSA) is 9.23 Å². The van der Waals surface area contributed by atoms with Crippen LogP contribution in [-0.4, -0.2) is 6.61 Å². The summed E-state index contributed by atoms with van der Waals surface area (Å²) in [7, 11) is 0. The third-order valence-electron chi connectivity index (χ3n) is 3.45. The van der Waals surface area contributed by atoms with Gasteiger partial charge in [0.1, 0.15) is 5.75 Å². The van der Waals surface area contributed by atoms with Gasteiger partial charge in [0.15, 0.2) is 0 Å². The van der Waals surface area contributed by atoms with Crippen molar-refractivity contribution in [3.63, 3.8) is 0 Å². The fourth-order valence-corrected chi connectivity index (χ4v) is 2.46. The van der Waals surface area contributed by atoms with Crippen LogP contribution in [0.25, 0.3) is 0 Å². The summed E-state index contributed by atoms with van der Waals surface area (Å²) in [6.07, 6.45) is 0. The van der Waals surface area contributed by atoms with Crippen LogP contribution >= 0.6 is 0 Å². The fraction of sp³-hybridized carbons (Fsp3) is 0.188. The summed E-state index contributed by atoms with van der Waals surface area (Å²) in [4.78, 5) is 0. The van der Waals surface area contributed by atoms with Gasteiger partial charge in [0.2, 0.25) is 0 Å². The van der Waals surface area contributed by atoms with Gasteiger partial charge in [-0.2, -0.15) is 0 Å². The number of rotatable bonds is 1. The molecule has 1 heterocycles. The molecule has 0 amide bonds. The number of fused-ring (bicyclic) bond motifs is 1. The molecule has 0 aromatic heterocycles. The molecule has 1 radical (unpaired) electrons. The molecule has 91 valence electrons. The van der Waals surface area contributed by atoms with Crippen LogP contribution in [0.3, 0.4) is 0 Å². The third kappa shape index (κ3) is 2.34. The predicted molar refractivity (Wildman–Crippen MR) is 69.2 cm³/mol. The Morgan fingerprint density at radius 1 is 0.944 bits per heavy atom. The summed E-state index contributed by atoms with van der Waals surface area (Å²) >= 11 is 0. The van der Waals surface area contributed by atoms with Crippen LogP contribution in [0.1, 0.15) is 23.0 Å². The van der Waals surface area contributed by atoms with Gasteiger partial charge in [0.25, 0.3) is 0 Å². The van der Waals surface area contributed by atoms with Crippen LogP contribution < -0.4 is 4.74 Å². The van der Waals surface area contributed by atoms with Crippen molar-refractivity contribution in [3.8, 4) is 5.75 Å². The van der Waals surface area contributed by atoms with Gasteiger partial charge in [-0.25, -0.2) is 0 Å². The molecule has 1 aliphatic heterocycles. The molecule has 0 fully saturated rings. The van der Waals surface area contributed by atoms with E-state index in [9.17, 15) is 0 Å². The van der Waals surface area contributed by atoms with Crippen molar-refractivity contribution in [3.05, 3.63) is 72.6 Å². The minimum atomic E-state index is 0. The Kier molecular flexibility index (Phi) is 4.16. The molecule has 0 N–H and O–H groups in total. The van der Waals surface area contributed by atoms with Crippen molar-refractivity contribution < 1.29 is 23.3 Å². The SMILES string of the molecule is [CH2-]C1c2ccccc2OCC1c1ccccc1.[V]. The largest absolute Gasteiger partial charge is 0.493 e. The zero-order chi connectivity index (χ0) is 11.7. The zero-order valence-electron chi connectivity index (χ0n) is 10.1. The van der Waals surface area contributed by atoms with E-state index in [-0.39, 0.29) is 24.5 Å². The minimum Gasteiger partial charge on any atom is -0.493 e. The van der Waals surface area contributed by atoms with Crippen LogP contribution in [0.15, 0.2) is 54.6 Å². The van der Waals surface area contributed by atoms with Gasteiger partial charge >= 0.3 is 0 Å². The van der Waals surface area contributed by atoms with Gasteiger partial charge in [-0.15, -0.1) is 5.92 Å². The van der Waals surface area contributed by atoms with Crippen molar-refractivity contribution in [2.45, 2.75) is 11.8 Å². The van der Waals surface area contributed by atoms with Gasteiger partial charge in [0, 0.05) is 18.6 Å². The van der Waals surface area contributed by atoms with Crippen molar-refractivity contribution in [2.75, 3.05) is 6.61 Å². The van der Waals surface area contributed by atoms with Gasteiger partial charge in [-0.1, -0.05) is 48.5 Å². The van der Waals surface area contributed by atoms with Crippen molar-refractivity contribution in [2.24, 2.45) is 0 Å². The second-order valence-corrected chi connectivity index (χ2v) is 4.47. The van der Waals surface area contributed by atoms with Gasteiger partial charge in [0.05, 0.1) is 6.61 Å². The standard InChI is InChI=1S/C16H15O.V/c1-12-14-9-5-6-10-16(14)17-11-15(12)13-7-3-2-4-8-13;/h2-10,12,15H,1,11H2;/q-1;. The molecule has 1 nitrogen and oxygen atoms in total. The Labute approximate surface area is 120 Å². The maximum absolute atomic E-state index is 5.82. The monoisotopic (exact) mass is 274 g/mol. The number of hydrogen-bond donors (Lipinski definition) is 0. The third-order valence-corrected chi connectivity index (χ3v) is 3.45. The van der Waals surface area contributed by atoms with E-state index in [1.807, 2.05) is 24.3 Å². The smallest absolute Gasteiger partial charge is 0.120 e. The molecule has 0 saturated carbocycles. The summed E-state index contributed by atoms with van der Waals surface area (Å²) in [5.74, 6) is 1.60. The molecular weight excluding hydrogens is 259 g/mol. The number of para-hydroxylation sites is 1. The molecule has 1 aliphatic rings. The molecule has 2 atom stereocenters. The molecule has 2 unspecified atom stereocenters. The zero-order valence-corrected chi connectivity index (χ0v) is 11.5. The average molecular weight is 274 g/mol. The van der Waals surface area contributed by atoms with Crippen molar-refractivity contribution in [1.82, 2.24) is 0 Å². The fourth-order valence-electron chi connectivity index (χ4n) is 2.46. The van der Waals surface area contributed by atoms with Crippen LogP contribution in [0.2, 0.25) is 0 Å². The normalized spacial score (nSPS) is 21.4. The molecule has 3 rings (SSSR count). The Hall–Kier alpha value is -1.18. The molecule has 0 spiro atoms. The van der Waals surface area contributed by atoms with E-state index >= 15 is 0 Å². The second kappa shape index (κ2) is 5.64. The predicted octanol–water partition coefficient (Wildman–Crippen LogP) is 3.78. The molecule has 2 heteroatoms. The Balaban J connectivity index is 0.00000120. The molecule has 18 heavy (non-hydrogen) atoms. The summed E-state index contributed by atoms with van der Waals surface area (Å²) in [5.41, 5.74) is 2.52. The van der Waals surface area contributed by atoms with E-state index in [0.29, 0.717) is 5.92 Å². The maximum Gasteiger partial charge on any atom is 0.120 e. The number of hydrogen-bond acceptors (Lipinski definition) is 1. The average Bonchev–Trinajstić information content (AvgIpc) is 2.40. The first-order chi connectivity index (χ1) is 8.36. The summed E-state index contributed by atoms with van der Waals surface area (Å²) in [6, 6.07) is 18.7. The van der Waals surface area contributed by atoms with Gasteiger partial charge < -0.3 is 11.7 Å². The quantitative estimate of drug-likeness (QED) is 0.719. The maximum atomic E-state index is 5.82. The molecule has 0 saturated heterocycles. The van der Waals surface area contributed by atoms with E-state index in [0.717, 1.165) is 12.4 Å². The van der Waals surface area contributed by atoms with Crippen LogP contribution in [0.5, 0.6) is 5.75 Å². The molecule has 0 bridgehead atoms. The number of benzene rings is 2. The number of ether oxygens (including phenoxy) is 1. The summed E-state index contributed by atoms with van der Waals surface area (Å²) < 4.78 is 5.82. The first-order valence-electron chi connectivity index (χ1n) is 5.96. The van der Waals surface area contributed by atoms with E-state index in [1.165, 1.54) is 11.1 Å². The van der Waals surface area contributed by atoms with Crippen LogP contribution in [0.4, 0.5) is 0 Å². The van der Waals surface area contributed by atoms with Crippen LogP contribution in [-0.2, 0) is 18.6 Å². The van der Waals surface area contributed by atoms with Crippen molar-refractivity contribution >= 4 is 0 Å². The van der Waals surface area contributed by atoms with Crippen molar-refractivity contribution in [1.29, 1.82) is 0 Å². The van der Waals surface area contributed by atoms with E-state index < -0.39 is 0 Å². The van der Waals surface area contributed by atoms with Crippen LogP contribution in [0, 0.1) is 6.92 Å². The van der Waals surface area contributed by atoms with Gasteiger partial charge in [-0.3, -0.25) is 0 Å². The van der Waals surface area contributed by atoms with E-state index in [1.54, 1.807) is 0 Å². The molecule has 0 aliphatic carbocycles. The Bertz CT molecular complexity index is 510. The summed E-state index contributed by atoms with van der Waals surface area (Å²) in [6.45, 7) is 5.03. The van der Waals surface area contributed by atoms with Gasteiger partial charge in [-0.05, 0) is 23.1 Å². The van der Waals surface area contributed by atoms with E-state index in [4.69, 9.17) is 4.74 Å². The minimum absolute atomic E-state index is 0. The summed E-state index contributed by atoms with van der Waals surface area (Å²) in [5, 5.41) is 0. The molecule has 2 aromatic rings. The van der Waals surface area contributed by atoms with E-state index in [2.05, 4.69) is 37.3 Å². The first kappa shape index (κ1) is 13.3. The Morgan fingerprint density at radius 3 is 2.39 bits per heavy atom. The molecule has 2 aromatic carbocycles. The Morgan fingerprint density at radius 2 is 1.61 bits per heavy atom. The second-order valence-electron chi connectivity index (χ2n) is 4.47.